The summed E-state index contributed by atoms with van der Waals surface area (Å²) in [7, 11) is 0. The van der Waals surface area contributed by atoms with Crippen LogP contribution in [0.2, 0.25) is 18.9 Å². The molecule has 2 heteroatoms. The Balaban J connectivity index is 4.22. The van der Waals surface area contributed by atoms with Crippen LogP contribution in [0.15, 0.2) is 0 Å². The van der Waals surface area contributed by atoms with Crippen molar-refractivity contribution < 1.29 is 19.0 Å². The van der Waals surface area contributed by atoms with Crippen LogP contribution in [-0.2, 0) is 19.0 Å². The van der Waals surface area contributed by atoms with Gasteiger partial charge in [0.1, 0.15) is 0 Å². The van der Waals surface area contributed by atoms with Crippen molar-refractivity contribution in [2.45, 2.75) is 79.2 Å². The van der Waals surface area contributed by atoms with Crippen molar-refractivity contribution in [1.29, 1.82) is 0 Å². The summed E-state index contributed by atoms with van der Waals surface area (Å²) in [5.74, 6) is 0. The molecule has 0 atom stereocenters. The molecule has 0 amide bonds. The number of hydrogen-bond donors (Lipinski definition) is 0. The molecule has 0 aliphatic heterocycles. The summed E-state index contributed by atoms with van der Waals surface area (Å²) in [5, 5.41) is 0. The minimum atomic E-state index is -2.50. The molecule has 0 saturated carbocycles. The summed E-state index contributed by atoms with van der Waals surface area (Å²) in [6.45, 7) is 12.7. The fraction of sp³-hybridized carbons (Fsp3) is 1.00. The van der Waals surface area contributed by atoms with Gasteiger partial charge in [0, 0.05) is 0 Å². The predicted molar refractivity (Wildman–Crippen MR) is 72.0 cm³/mol. The molecule has 0 aliphatic carbocycles. The van der Waals surface area contributed by atoms with E-state index in [-0.39, 0.29) is 0 Å². The molecule has 0 N–H and O–H groups in total. The normalized spacial score (nSPS) is 14.7. The first kappa shape index (κ1) is 16.7. The molecule has 0 spiro atoms. The molecule has 99 valence electrons. The van der Waals surface area contributed by atoms with E-state index < -0.39 is 15.7 Å². The fourth-order valence-electron chi connectivity index (χ4n) is 2.80. The zero-order chi connectivity index (χ0) is 12.5. The molecule has 0 rings (SSSR count). The zero-order valence-electron chi connectivity index (χ0n) is 12.3. The van der Waals surface area contributed by atoms with Crippen LogP contribution in [0.4, 0.5) is 0 Å². The molecule has 0 aromatic carbocycles. The Morgan fingerprint density at radius 2 is 1.19 bits per heavy atom. The second-order valence-corrected chi connectivity index (χ2v) is 16.8. The van der Waals surface area contributed by atoms with Crippen LogP contribution >= 0.6 is 0 Å². The van der Waals surface area contributed by atoms with Crippen LogP contribution in [-0.4, -0.2) is 6.61 Å². The third-order valence-corrected chi connectivity index (χ3v) is 17.9. The van der Waals surface area contributed by atoms with Gasteiger partial charge < -0.3 is 0 Å². The maximum atomic E-state index is 6.55. The van der Waals surface area contributed by atoms with E-state index in [2.05, 4.69) is 34.6 Å². The van der Waals surface area contributed by atoms with Crippen molar-refractivity contribution in [1.82, 2.24) is 0 Å². The van der Waals surface area contributed by atoms with Gasteiger partial charge in [-0.15, -0.1) is 0 Å². The molecular formula is C14H33OTi. The molecule has 0 heterocycles. The van der Waals surface area contributed by atoms with Gasteiger partial charge in [0.05, 0.1) is 0 Å². The molecule has 0 aromatic rings. The first-order valence-electron chi connectivity index (χ1n) is 7.44. The summed E-state index contributed by atoms with van der Waals surface area (Å²) in [6.07, 6.45) is 5.30. The SMILES string of the molecule is CCCCCC[O][Ti]([CH2]C)([CH2]C)([CH2]C)[CH2]C. The van der Waals surface area contributed by atoms with E-state index in [4.69, 9.17) is 3.32 Å². The Morgan fingerprint density at radius 1 is 0.688 bits per heavy atom. The minimum absolute atomic E-state index is 1.03. The number of rotatable bonds is 10. The van der Waals surface area contributed by atoms with Gasteiger partial charge >= 0.3 is 105 Å². The Hall–Kier alpha value is 0.674. The monoisotopic (exact) mass is 265 g/mol. The molecule has 0 fully saturated rings. The van der Waals surface area contributed by atoms with Gasteiger partial charge in [0.25, 0.3) is 0 Å². The molecular weight excluding hydrogens is 232 g/mol. The summed E-state index contributed by atoms with van der Waals surface area (Å²) in [4.78, 5) is 0. The average molecular weight is 265 g/mol. The molecule has 0 unspecified atom stereocenters. The van der Waals surface area contributed by atoms with E-state index in [1.165, 1.54) is 44.6 Å². The van der Waals surface area contributed by atoms with E-state index in [1.807, 2.05) is 0 Å². The van der Waals surface area contributed by atoms with Crippen molar-refractivity contribution in [3.8, 4) is 0 Å². The van der Waals surface area contributed by atoms with Crippen LogP contribution in [0.25, 0.3) is 0 Å². The zero-order valence-corrected chi connectivity index (χ0v) is 13.8. The Bertz CT molecular complexity index is 152. The van der Waals surface area contributed by atoms with Gasteiger partial charge in [-0.2, -0.15) is 0 Å². The topological polar surface area (TPSA) is 9.23 Å². The molecule has 0 aliphatic rings. The van der Waals surface area contributed by atoms with Crippen LogP contribution in [0, 0.1) is 0 Å². The van der Waals surface area contributed by atoms with Crippen molar-refractivity contribution in [2.75, 3.05) is 6.61 Å². The van der Waals surface area contributed by atoms with Crippen LogP contribution in [0.3, 0.4) is 0 Å². The van der Waals surface area contributed by atoms with Gasteiger partial charge in [-0.3, -0.25) is 0 Å². The van der Waals surface area contributed by atoms with Gasteiger partial charge in [-0.05, 0) is 0 Å². The van der Waals surface area contributed by atoms with E-state index in [1.54, 1.807) is 0 Å². The van der Waals surface area contributed by atoms with Crippen LogP contribution < -0.4 is 0 Å². The molecule has 0 saturated heterocycles. The Kier molecular flexibility index (Phi) is 8.23. The molecule has 0 bridgehead atoms. The Labute approximate surface area is 105 Å². The maximum absolute atomic E-state index is 6.55. The summed E-state index contributed by atoms with van der Waals surface area (Å²) in [5.41, 5.74) is 0. The Morgan fingerprint density at radius 3 is 1.56 bits per heavy atom. The summed E-state index contributed by atoms with van der Waals surface area (Å²) >= 11 is -2.50. The van der Waals surface area contributed by atoms with Crippen molar-refractivity contribution in [3.63, 3.8) is 0 Å². The average Bonchev–Trinajstić information content (AvgIpc) is 2.36. The van der Waals surface area contributed by atoms with Crippen LogP contribution in [0.1, 0.15) is 60.3 Å². The number of unbranched alkanes of at least 4 members (excludes halogenated alkanes) is 3. The molecule has 16 heavy (non-hydrogen) atoms. The van der Waals surface area contributed by atoms with E-state index in [0.29, 0.717) is 0 Å². The quantitative estimate of drug-likeness (QED) is 0.351. The third-order valence-electron chi connectivity index (χ3n) is 5.09. The summed E-state index contributed by atoms with van der Waals surface area (Å²) < 4.78 is 11.9. The first-order valence-corrected chi connectivity index (χ1v) is 12.5. The van der Waals surface area contributed by atoms with Gasteiger partial charge in [0.15, 0.2) is 0 Å². The second kappa shape index (κ2) is 7.90. The van der Waals surface area contributed by atoms with Crippen LogP contribution in [0.5, 0.6) is 0 Å². The van der Waals surface area contributed by atoms with Crippen molar-refractivity contribution in [2.24, 2.45) is 0 Å². The standard InChI is InChI=1S/C6H13O.4C2H5.Ti/c1-2-3-4-5-6-7;4*1-2;/h2-6H2,1H3;4*1H2,2H3;/q-1;;;;;+1. The fourth-order valence-corrected chi connectivity index (χ4v) is 9.88. The van der Waals surface area contributed by atoms with Crippen molar-refractivity contribution in [3.05, 3.63) is 0 Å². The molecule has 0 radical (unpaired) electrons. The third kappa shape index (κ3) is 4.16. The summed E-state index contributed by atoms with van der Waals surface area (Å²) in [6, 6.07) is 0. The molecule has 0 aromatic heterocycles. The number of hydrogen-bond acceptors (Lipinski definition) is 1. The second-order valence-electron chi connectivity index (χ2n) is 5.40. The van der Waals surface area contributed by atoms with E-state index in [9.17, 15) is 0 Å². The van der Waals surface area contributed by atoms with Gasteiger partial charge in [0.2, 0.25) is 0 Å². The van der Waals surface area contributed by atoms with E-state index >= 15 is 0 Å². The van der Waals surface area contributed by atoms with Gasteiger partial charge in [-0.25, -0.2) is 0 Å². The van der Waals surface area contributed by atoms with Crippen molar-refractivity contribution >= 4 is 0 Å². The first-order chi connectivity index (χ1) is 7.62. The van der Waals surface area contributed by atoms with Gasteiger partial charge in [-0.1, -0.05) is 0 Å². The predicted octanol–water partition coefficient (Wildman–Crippen LogP) is 5.94. The molecule has 1 nitrogen and oxygen atoms in total. The van der Waals surface area contributed by atoms with E-state index in [0.717, 1.165) is 6.61 Å².